The molecule has 0 rings (SSSR count). The Bertz CT molecular complexity index is 221. The zero-order valence-electron chi connectivity index (χ0n) is 11.5. The normalized spacial score (nSPS) is 14.9. The Balaban J connectivity index is 4.29. The van der Waals surface area contributed by atoms with Crippen molar-refractivity contribution in [3.8, 4) is 0 Å². The molecule has 2 N–H and O–H groups in total. The van der Waals surface area contributed by atoms with Crippen molar-refractivity contribution in [1.29, 1.82) is 0 Å². The van der Waals surface area contributed by atoms with Gasteiger partial charge in [-0.15, -0.1) is 0 Å². The van der Waals surface area contributed by atoms with Crippen LogP contribution < -0.4 is 0 Å². The van der Waals surface area contributed by atoms with Crippen molar-refractivity contribution in [2.24, 2.45) is 5.41 Å². The minimum Gasteiger partial charge on any atom is -0.392 e. The van der Waals surface area contributed by atoms with Crippen LogP contribution in [-0.4, -0.2) is 21.9 Å². The summed E-state index contributed by atoms with van der Waals surface area (Å²) >= 11 is 0. The summed E-state index contributed by atoms with van der Waals surface area (Å²) < 4.78 is 0. The van der Waals surface area contributed by atoms with E-state index in [9.17, 15) is 10.2 Å². The second-order valence-electron chi connectivity index (χ2n) is 5.94. The summed E-state index contributed by atoms with van der Waals surface area (Å²) in [6.07, 6.45) is 2.24. The number of aliphatic hydroxyl groups excluding tert-OH is 1. The van der Waals surface area contributed by atoms with Gasteiger partial charge in [-0.05, 0) is 31.1 Å². The monoisotopic (exact) mass is 228 g/mol. The summed E-state index contributed by atoms with van der Waals surface area (Å²) in [6.45, 7) is 14.0. The second-order valence-corrected chi connectivity index (χ2v) is 5.94. The molecule has 0 aromatic rings. The predicted octanol–water partition coefficient (Wildman–Crippen LogP) is 3.28. The first-order valence-corrected chi connectivity index (χ1v) is 6.21. The molecule has 0 bridgehead atoms. The van der Waals surface area contributed by atoms with Gasteiger partial charge in [-0.25, -0.2) is 0 Å². The Labute approximate surface area is 100 Å². The number of hydrogen-bond acceptors (Lipinski definition) is 2. The minimum atomic E-state index is -0.644. The van der Waals surface area contributed by atoms with Crippen molar-refractivity contribution in [3.05, 3.63) is 12.2 Å². The second kappa shape index (κ2) is 5.83. The topological polar surface area (TPSA) is 40.5 Å². The maximum Gasteiger partial charge on any atom is 0.0679 e. The molecule has 1 atom stereocenters. The Morgan fingerprint density at radius 2 is 1.62 bits per heavy atom. The Hall–Kier alpha value is -0.340. The highest BCUT2D eigenvalue weighted by atomic mass is 16.3. The zero-order chi connectivity index (χ0) is 13.0. The van der Waals surface area contributed by atoms with Gasteiger partial charge in [-0.2, -0.15) is 0 Å². The van der Waals surface area contributed by atoms with Crippen molar-refractivity contribution in [3.63, 3.8) is 0 Å². The summed E-state index contributed by atoms with van der Waals surface area (Å²) in [5.41, 5.74) is 0.169. The first kappa shape index (κ1) is 15.7. The highest BCUT2D eigenvalue weighted by Gasteiger charge is 2.27. The minimum absolute atomic E-state index is 0.126. The van der Waals surface area contributed by atoms with Crippen LogP contribution in [0.5, 0.6) is 0 Å². The van der Waals surface area contributed by atoms with Gasteiger partial charge in [-0.1, -0.05) is 46.8 Å². The quantitative estimate of drug-likeness (QED) is 0.685. The molecule has 16 heavy (non-hydrogen) atoms. The van der Waals surface area contributed by atoms with Crippen LogP contribution in [0.2, 0.25) is 0 Å². The van der Waals surface area contributed by atoms with Crippen molar-refractivity contribution >= 4 is 0 Å². The molecule has 0 amide bonds. The third-order valence-corrected chi connectivity index (χ3v) is 3.38. The third-order valence-electron chi connectivity index (χ3n) is 3.38. The standard InChI is InChI=1S/C14H28O2/c1-7-14(16,8-2)10-11(3)9-12(15)13(4,5)6/h12,15-16H,3,7-10H2,1-2,4-6H3. The molecule has 1 unspecified atom stereocenters. The van der Waals surface area contributed by atoms with Crippen LogP contribution in [0.25, 0.3) is 0 Å². The van der Waals surface area contributed by atoms with Crippen LogP contribution in [0.4, 0.5) is 0 Å². The average molecular weight is 228 g/mol. The molecular weight excluding hydrogens is 200 g/mol. The van der Waals surface area contributed by atoms with Gasteiger partial charge in [0.2, 0.25) is 0 Å². The molecule has 0 aliphatic rings. The van der Waals surface area contributed by atoms with Crippen LogP contribution in [0.15, 0.2) is 12.2 Å². The van der Waals surface area contributed by atoms with Crippen LogP contribution in [0, 0.1) is 5.41 Å². The SMILES string of the molecule is C=C(CC(O)C(C)(C)C)CC(O)(CC)CC. The Morgan fingerprint density at radius 3 is 1.94 bits per heavy atom. The third kappa shape index (κ3) is 5.13. The summed E-state index contributed by atoms with van der Waals surface area (Å²) in [7, 11) is 0. The largest absolute Gasteiger partial charge is 0.392 e. The van der Waals surface area contributed by atoms with Gasteiger partial charge in [0.25, 0.3) is 0 Å². The lowest BCUT2D eigenvalue weighted by molar-refractivity contribution is 0.0251. The van der Waals surface area contributed by atoms with E-state index >= 15 is 0 Å². The lowest BCUT2D eigenvalue weighted by Crippen LogP contribution is -2.30. The van der Waals surface area contributed by atoms with Crippen LogP contribution >= 0.6 is 0 Å². The molecule has 0 aromatic carbocycles. The van der Waals surface area contributed by atoms with Gasteiger partial charge in [-0.3, -0.25) is 0 Å². The smallest absolute Gasteiger partial charge is 0.0679 e. The molecule has 96 valence electrons. The molecule has 0 aliphatic carbocycles. The van der Waals surface area contributed by atoms with Gasteiger partial charge in [0, 0.05) is 0 Å². The molecule has 0 aromatic heterocycles. The van der Waals surface area contributed by atoms with E-state index < -0.39 is 11.7 Å². The van der Waals surface area contributed by atoms with Gasteiger partial charge in [0.05, 0.1) is 11.7 Å². The number of hydrogen-bond donors (Lipinski definition) is 2. The van der Waals surface area contributed by atoms with Crippen molar-refractivity contribution in [1.82, 2.24) is 0 Å². The fraction of sp³-hybridized carbons (Fsp3) is 0.857. The molecule has 0 saturated heterocycles. The Kier molecular flexibility index (Phi) is 5.71. The highest BCUT2D eigenvalue weighted by molar-refractivity contribution is 5.03. The molecule has 0 heterocycles. The Morgan fingerprint density at radius 1 is 1.19 bits per heavy atom. The predicted molar refractivity (Wildman–Crippen MR) is 69.4 cm³/mol. The van der Waals surface area contributed by atoms with E-state index in [0.717, 1.165) is 18.4 Å². The molecule has 0 spiro atoms. The van der Waals surface area contributed by atoms with E-state index in [4.69, 9.17) is 0 Å². The van der Waals surface area contributed by atoms with E-state index in [0.29, 0.717) is 12.8 Å². The van der Waals surface area contributed by atoms with Crippen LogP contribution in [0.1, 0.15) is 60.3 Å². The molecule has 0 aliphatic heterocycles. The molecule has 0 fully saturated rings. The van der Waals surface area contributed by atoms with Crippen LogP contribution in [-0.2, 0) is 0 Å². The maximum atomic E-state index is 10.2. The van der Waals surface area contributed by atoms with Crippen molar-refractivity contribution in [2.75, 3.05) is 0 Å². The van der Waals surface area contributed by atoms with Gasteiger partial charge in [0.15, 0.2) is 0 Å². The summed E-state index contributed by atoms with van der Waals surface area (Å²) in [5.74, 6) is 0. The van der Waals surface area contributed by atoms with Crippen molar-refractivity contribution in [2.45, 2.75) is 72.0 Å². The summed E-state index contributed by atoms with van der Waals surface area (Å²) in [5, 5.41) is 20.1. The summed E-state index contributed by atoms with van der Waals surface area (Å²) in [4.78, 5) is 0. The first-order chi connectivity index (χ1) is 7.14. The maximum absolute atomic E-state index is 10.2. The van der Waals surface area contributed by atoms with E-state index in [1.807, 2.05) is 34.6 Å². The van der Waals surface area contributed by atoms with E-state index in [1.165, 1.54) is 0 Å². The molecule has 0 saturated carbocycles. The van der Waals surface area contributed by atoms with E-state index in [-0.39, 0.29) is 5.41 Å². The lowest BCUT2D eigenvalue weighted by atomic mass is 9.82. The van der Waals surface area contributed by atoms with Gasteiger partial charge < -0.3 is 10.2 Å². The summed E-state index contributed by atoms with van der Waals surface area (Å²) in [6, 6.07) is 0. The van der Waals surface area contributed by atoms with Gasteiger partial charge >= 0.3 is 0 Å². The molecular formula is C14H28O2. The van der Waals surface area contributed by atoms with E-state index in [2.05, 4.69) is 6.58 Å². The highest BCUT2D eigenvalue weighted by Crippen LogP contribution is 2.29. The molecule has 0 radical (unpaired) electrons. The lowest BCUT2D eigenvalue weighted by Gasteiger charge is -2.30. The fourth-order valence-corrected chi connectivity index (χ4v) is 1.62. The number of aliphatic hydroxyl groups is 2. The number of rotatable bonds is 6. The van der Waals surface area contributed by atoms with Gasteiger partial charge in [0.1, 0.15) is 0 Å². The molecule has 2 heteroatoms. The average Bonchev–Trinajstić information content (AvgIpc) is 2.15. The van der Waals surface area contributed by atoms with Crippen molar-refractivity contribution < 1.29 is 10.2 Å². The first-order valence-electron chi connectivity index (χ1n) is 6.21. The van der Waals surface area contributed by atoms with Crippen LogP contribution in [0.3, 0.4) is 0 Å². The zero-order valence-corrected chi connectivity index (χ0v) is 11.5. The van der Waals surface area contributed by atoms with E-state index in [1.54, 1.807) is 0 Å². The molecule has 2 nitrogen and oxygen atoms in total. The fourth-order valence-electron chi connectivity index (χ4n) is 1.62.